The summed E-state index contributed by atoms with van der Waals surface area (Å²) >= 11 is 0. The molecular formula is C22H36O3. The highest BCUT2D eigenvalue weighted by atomic mass is 16.5. The third-order valence-electron chi connectivity index (χ3n) is 9.22. The molecule has 0 radical (unpaired) electrons. The molecular weight excluding hydrogens is 312 g/mol. The molecule has 0 spiro atoms. The summed E-state index contributed by atoms with van der Waals surface area (Å²) in [6.07, 6.45) is 5.56. The van der Waals surface area contributed by atoms with E-state index >= 15 is 0 Å². The Morgan fingerprint density at radius 1 is 1.08 bits per heavy atom. The average molecular weight is 349 g/mol. The number of aliphatic hydroxyl groups excluding tert-OH is 1. The molecule has 1 N–H and O–H groups in total. The lowest BCUT2D eigenvalue weighted by atomic mass is 9.46. The predicted molar refractivity (Wildman–Crippen MR) is 97.8 cm³/mol. The highest BCUT2D eigenvalue weighted by molar-refractivity contribution is 5.66. The first kappa shape index (κ1) is 17.8. The second-order valence-electron chi connectivity index (χ2n) is 11.0. The first-order chi connectivity index (χ1) is 11.5. The van der Waals surface area contributed by atoms with Crippen molar-refractivity contribution in [3.05, 3.63) is 0 Å². The number of carbonyl (C=O) groups excluding carboxylic acids is 1. The molecule has 0 heterocycles. The van der Waals surface area contributed by atoms with E-state index in [0.29, 0.717) is 23.7 Å². The summed E-state index contributed by atoms with van der Waals surface area (Å²) in [5.74, 6) is 2.47. The van der Waals surface area contributed by atoms with E-state index in [1.54, 1.807) is 6.92 Å². The SMILES string of the molecule is CC(=O)OC1CC(C(C)C)C2C3C(O)C4(C)CC4CC3(C)CCC12C. The lowest BCUT2D eigenvalue weighted by Crippen LogP contribution is -2.57. The second-order valence-corrected chi connectivity index (χ2v) is 11.0. The number of carbonyl (C=O) groups is 1. The van der Waals surface area contributed by atoms with Crippen molar-refractivity contribution in [3.63, 3.8) is 0 Å². The van der Waals surface area contributed by atoms with Gasteiger partial charge >= 0.3 is 5.97 Å². The van der Waals surface area contributed by atoms with Crippen molar-refractivity contribution in [1.29, 1.82) is 0 Å². The van der Waals surface area contributed by atoms with E-state index in [0.717, 1.165) is 25.2 Å². The summed E-state index contributed by atoms with van der Waals surface area (Å²) in [7, 11) is 0. The van der Waals surface area contributed by atoms with Crippen LogP contribution in [0.1, 0.15) is 73.6 Å². The number of fused-ring (bicyclic) bond motifs is 4. The third kappa shape index (κ3) is 2.30. The van der Waals surface area contributed by atoms with E-state index in [1.807, 2.05) is 0 Å². The Balaban J connectivity index is 1.75. The molecule has 3 nitrogen and oxygen atoms in total. The number of aliphatic hydroxyl groups is 1. The molecule has 4 aliphatic rings. The molecule has 25 heavy (non-hydrogen) atoms. The van der Waals surface area contributed by atoms with Gasteiger partial charge in [0.25, 0.3) is 0 Å². The third-order valence-corrected chi connectivity index (χ3v) is 9.22. The van der Waals surface area contributed by atoms with Crippen LogP contribution in [0.5, 0.6) is 0 Å². The standard InChI is InChI=1S/C22H36O3/c1-12(2)15-9-16(25-13(3)23)21(5)8-7-20(4)10-14-11-22(14,6)19(24)18(20)17(15)21/h12,14-19,24H,7-11H2,1-6H3. The zero-order chi connectivity index (χ0) is 18.4. The maximum atomic E-state index is 11.7. The molecule has 4 rings (SSSR count). The minimum absolute atomic E-state index is 0.0175. The summed E-state index contributed by atoms with van der Waals surface area (Å²) in [6, 6.07) is 0. The van der Waals surface area contributed by atoms with Crippen LogP contribution in [-0.4, -0.2) is 23.3 Å². The van der Waals surface area contributed by atoms with Gasteiger partial charge in [-0.15, -0.1) is 0 Å². The van der Waals surface area contributed by atoms with E-state index in [9.17, 15) is 9.90 Å². The first-order valence-corrected chi connectivity index (χ1v) is 10.4. The van der Waals surface area contributed by atoms with Gasteiger partial charge in [0.05, 0.1) is 6.10 Å². The molecule has 4 saturated carbocycles. The molecule has 9 atom stereocenters. The van der Waals surface area contributed by atoms with Crippen molar-refractivity contribution in [1.82, 2.24) is 0 Å². The van der Waals surface area contributed by atoms with Crippen LogP contribution in [0.15, 0.2) is 0 Å². The van der Waals surface area contributed by atoms with Crippen LogP contribution >= 0.6 is 0 Å². The Labute approximate surface area is 152 Å². The van der Waals surface area contributed by atoms with E-state index in [-0.39, 0.29) is 34.4 Å². The Morgan fingerprint density at radius 2 is 1.76 bits per heavy atom. The summed E-state index contributed by atoms with van der Waals surface area (Å²) in [5.41, 5.74) is 0.413. The zero-order valence-electron chi connectivity index (χ0n) is 16.8. The van der Waals surface area contributed by atoms with Crippen LogP contribution < -0.4 is 0 Å². The Bertz CT molecular complexity index is 586. The Morgan fingerprint density at radius 3 is 2.36 bits per heavy atom. The summed E-state index contributed by atoms with van der Waals surface area (Å²) < 4.78 is 5.85. The second kappa shape index (κ2) is 5.24. The highest BCUT2D eigenvalue weighted by Crippen LogP contribution is 2.74. The monoisotopic (exact) mass is 348 g/mol. The van der Waals surface area contributed by atoms with Crippen molar-refractivity contribution in [2.75, 3.05) is 0 Å². The molecule has 142 valence electrons. The topological polar surface area (TPSA) is 46.5 Å². The van der Waals surface area contributed by atoms with Crippen LogP contribution in [0, 0.1) is 45.8 Å². The highest BCUT2D eigenvalue weighted by Gasteiger charge is 2.72. The normalized spacial score (nSPS) is 56.8. The lowest BCUT2D eigenvalue weighted by molar-refractivity contribution is -0.175. The molecule has 0 amide bonds. The molecule has 9 unspecified atom stereocenters. The maximum Gasteiger partial charge on any atom is 0.302 e. The fraction of sp³-hybridized carbons (Fsp3) is 0.955. The number of rotatable bonds is 2. The Hall–Kier alpha value is -0.570. The van der Waals surface area contributed by atoms with E-state index in [2.05, 4.69) is 34.6 Å². The van der Waals surface area contributed by atoms with Gasteiger partial charge < -0.3 is 9.84 Å². The fourth-order valence-corrected chi connectivity index (χ4v) is 7.52. The van der Waals surface area contributed by atoms with E-state index < -0.39 is 0 Å². The van der Waals surface area contributed by atoms with Crippen LogP contribution in [-0.2, 0) is 9.53 Å². The molecule has 0 saturated heterocycles. The van der Waals surface area contributed by atoms with Crippen molar-refractivity contribution < 1.29 is 14.6 Å². The summed E-state index contributed by atoms with van der Waals surface area (Å²) in [4.78, 5) is 11.7. The van der Waals surface area contributed by atoms with Gasteiger partial charge in [-0.2, -0.15) is 0 Å². The smallest absolute Gasteiger partial charge is 0.302 e. The number of hydrogen-bond donors (Lipinski definition) is 1. The van der Waals surface area contributed by atoms with Crippen molar-refractivity contribution in [2.45, 2.75) is 85.9 Å². The number of ether oxygens (including phenoxy) is 1. The molecule has 4 fully saturated rings. The van der Waals surface area contributed by atoms with Crippen LogP contribution in [0.25, 0.3) is 0 Å². The van der Waals surface area contributed by atoms with Crippen molar-refractivity contribution in [2.24, 2.45) is 45.8 Å². The predicted octanol–water partition coefficient (Wildman–Crippen LogP) is 4.42. The average Bonchev–Trinajstić information content (AvgIpc) is 3.07. The summed E-state index contributed by atoms with van der Waals surface area (Å²) in [5, 5.41) is 11.5. The lowest BCUT2D eigenvalue weighted by Gasteiger charge is -2.59. The van der Waals surface area contributed by atoms with Gasteiger partial charge in [0.2, 0.25) is 0 Å². The minimum atomic E-state index is -0.196. The molecule has 0 aromatic heterocycles. The van der Waals surface area contributed by atoms with Crippen LogP contribution in [0.2, 0.25) is 0 Å². The molecule has 0 aromatic rings. The quantitative estimate of drug-likeness (QED) is 0.751. The minimum Gasteiger partial charge on any atom is -0.462 e. The fourth-order valence-electron chi connectivity index (χ4n) is 7.52. The Kier molecular flexibility index (Phi) is 3.74. The van der Waals surface area contributed by atoms with E-state index in [4.69, 9.17) is 4.74 Å². The van der Waals surface area contributed by atoms with Gasteiger partial charge in [-0.05, 0) is 72.5 Å². The maximum absolute atomic E-state index is 11.7. The molecule has 3 heteroatoms. The van der Waals surface area contributed by atoms with Gasteiger partial charge in [-0.25, -0.2) is 0 Å². The van der Waals surface area contributed by atoms with Gasteiger partial charge in [0.15, 0.2) is 0 Å². The van der Waals surface area contributed by atoms with Gasteiger partial charge in [-0.3, -0.25) is 4.79 Å². The summed E-state index contributed by atoms with van der Waals surface area (Å²) in [6.45, 7) is 13.3. The molecule has 4 aliphatic carbocycles. The number of hydrogen-bond acceptors (Lipinski definition) is 3. The molecule has 0 bridgehead atoms. The zero-order valence-corrected chi connectivity index (χ0v) is 16.8. The van der Waals surface area contributed by atoms with Crippen molar-refractivity contribution >= 4 is 5.97 Å². The van der Waals surface area contributed by atoms with E-state index in [1.165, 1.54) is 12.8 Å². The molecule has 0 aromatic carbocycles. The van der Waals surface area contributed by atoms with Crippen LogP contribution in [0.3, 0.4) is 0 Å². The number of esters is 1. The van der Waals surface area contributed by atoms with Crippen molar-refractivity contribution in [3.8, 4) is 0 Å². The van der Waals surface area contributed by atoms with Gasteiger partial charge in [0, 0.05) is 12.3 Å². The first-order valence-electron chi connectivity index (χ1n) is 10.4. The molecule has 0 aliphatic heterocycles. The van der Waals surface area contributed by atoms with Gasteiger partial charge in [-0.1, -0.05) is 34.6 Å². The largest absolute Gasteiger partial charge is 0.462 e. The van der Waals surface area contributed by atoms with Crippen LogP contribution in [0.4, 0.5) is 0 Å². The van der Waals surface area contributed by atoms with Gasteiger partial charge in [0.1, 0.15) is 6.10 Å².